The summed E-state index contributed by atoms with van der Waals surface area (Å²) in [5.74, 6) is -0.197. The van der Waals surface area contributed by atoms with Crippen LogP contribution in [0.1, 0.15) is 46.3 Å². The number of nitrogens with one attached hydrogen (secondary N) is 1. The summed E-state index contributed by atoms with van der Waals surface area (Å²) in [6.07, 6.45) is 4.95. The van der Waals surface area contributed by atoms with Gasteiger partial charge >= 0.3 is 0 Å². The molecule has 1 aliphatic heterocycles. The molecule has 0 bridgehead atoms. The molecular weight excluding hydrogens is 458 g/mol. The number of carbonyl (C=O) groups is 1. The van der Waals surface area contributed by atoms with Crippen LogP contribution in [0.25, 0.3) is 0 Å². The first-order valence-electron chi connectivity index (χ1n) is 12.0. The maximum atomic E-state index is 12.8. The predicted molar refractivity (Wildman–Crippen MR) is 144 cm³/mol. The maximum Gasteiger partial charge on any atom is 0.255 e. The van der Waals surface area contributed by atoms with Crippen LogP contribution in [0.3, 0.4) is 0 Å². The Morgan fingerprint density at radius 2 is 1.57 bits per heavy atom. The van der Waals surface area contributed by atoms with Crippen LogP contribution >= 0.6 is 0 Å². The third kappa shape index (κ3) is 6.22. The minimum absolute atomic E-state index is 0.197. The molecule has 3 aromatic rings. The van der Waals surface area contributed by atoms with Crippen molar-refractivity contribution in [2.24, 2.45) is 0 Å². The lowest BCUT2D eigenvalue weighted by Gasteiger charge is -2.28. The van der Waals surface area contributed by atoms with Crippen LogP contribution in [-0.4, -0.2) is 33.7 Å². The van der Waals surface area contributed by atoms with Gasteiger partial charge in [0.2, 0.25) is 10.0 Å². The van der Waals surface area contributed by atoms with E-state index >= 15 is 0 Å². The molecule has 0 unspecified atom stereocenters. The fourth-order valence-corrected chi connectivity index (χ4v) is 5.35. The van der Waals surface area contributed by atoms with E-state index in [1.807, 2.05) is 44.2 Å². The van der Waals surface area contributed by atoms with Gasteiger partial charge in [0.05, 0.1) is 18.5 Å². The van der Waals surface area contributed by atoms with E-state index in [-0.39, 0.29) is 12.5 Å². The first-order valence-corrected chi connectivity index (χ1v) is 13.9. The zero-order valence-corrected chi connectivity index (χ0v) is 21.4. The molecule has 0 spiro atoms. The van der Waals surface area contributed by atoms with Crippen LogP contribution in [0.4, 0.5) is 17.1 Å². The summed E-state index contributed by atoms with van der Waals surface area (Å²) in [4.78, 5) is 15.2. The molecule has 35 heavy (non-hydrogen) atoms. The summed E-state index contributed by atoms with van der Waals surface area (Å²) in [5, 5.41) is 2.95. The van der Waals surface area contributed by atoms with Crippen LogP contribution in [0, 0.1) is 13.8 Å². The standard InChI is InChI=1S/C28H33N3O3S/c1-21-7-8-22(2)27(19-21)31(35(3,33)34)20-23-9-11-24(12-10-23)28(32)29-25-13-15-26(16-14-25)30-17-5-4-6-18-30/h7-16,19H,4-6,17-18,20H2,1-3H3,(H,29,32). The Balaban J connectivity index is 1.44. The van der Waals surface area contributed by atoms with Gasteiger partial charge in [-0.3, -0.25) is 9.10 Å². The van der Waals surface area contributed by atoms with E-state index in [0.717, 1.165) is 35.5 Å². The molecule has 1 N–H and O–H groups in total. The van der Waals surface area contributed by atoms with Gasteiger partial charge in [-0.05, 0) is 92.3 Å². The van der Waals surface area contributed by atoms with E-state index in [4.69, 9.17) is 0 Å². The first-order chi connectivity index (χ1) is 16.7. The van der Waals surface area contributed by atoms with E-state index < -0.39 is 10.0 Å². The van der Waals surface area contributed by atoms with E-state index in [1.54, 1.807) is 24.3 Å². The molecular formula is C28H33N3O3S. The number of piperidine rings is 1. The number of aryl methyl sites for hydroxylation is 2. The molecule has 0 atom stereocenters. The zero-order chi connectivity index (χ0) is 25.0. The van der Waals surface area contributed by atoms with Gasteiger partial charge in [-0.1, -0.05) is 24.3 Å². The average molecular weight is 492 g/mol. The van der Waals surface area contributed by atoms with Crippen molar-refractivity contribution < 1.29 is 13.2 Å². The smallest absolute Gasteiger partial charge is 0.255 e. The van der Waals surface area contributed by atoms with Crippen LogP contribution < -0.4 is 14.5 Å². The number of hydrogen-bond acceptors (Lipinski definition) is 4. The maximum absolute atomic E-state index is 12.8. The monoisotopic (exact) mass is 491 g/mol. The molecule has 184 valence electrons. The van der Waals surface area contributed by atoms with Gasteiger partial charge in [0, 0.05) is 30.0 Å². The largest absolute Gasteiger partial charge is 0.372 e. The van der Waals surface area contributed by atoms with Gasteiger partial charge in [-0.15, -0.1) is 0 Å². The first kappa shape index (κ1) is 24.8. The van der Waals surface area contributed by atoms with Gasteiger partial charge in [0.25, 0.3) is 5.91 Å². The van der Waals surface area contributed by atoms with Gasteiger partial charge < -0.3 is 10.2 Å². The minimum Gasteiger partial charge on any atom is -0.372 e. The van der Waals surface area contributed by atoms with E-state index in [0.29, 0.717) is 11.3 Å². The second-order valence-corrected chi connectivity index (χ2v) is 11.2. The molecule has 0 radical (unpaired) electrons. The predicted octanol–water partition coefficient (Wildman–Crippen LogP) is 5.51. The quantitative estimate of drug-likeness (QED) is 0.473. The normalized spacial score (nSPS) is 14.0. The summed E-state index contributed by atoms with van der Waals surface area (Å²) in [6, 6.07) is 20.8. The van der Waals surface area contributed by atoms with Crippen molar-refractivity contribution in [3.8, 4) is 0 Å². The van der Waals surface area contributed by atoms with Gasteiger partial charge in [-0.2, -0.15) is 0 Å². The molecule has 1 saturated heterocycles. The van der Waals surface area contributed by atoms with Crippen molar-refractivity contribution in [1.29, 1.82) is 0 Å². The molecule has 1 aliphatic rings. The Labute approximate surface area is 208 Å². The lowest BCUT2D eigenvalue weighted by molar-refractivity contribution is 0.102. The minimum atomic E-state index is -3.48. The summed E-state index contributed by atoms with van der Waals surface area (Å²) in [5.41, 5.74) is 5.82. The van der Waals surface area contributed by atoms with Crippen molar-refractivity contribution in [2.45, 2.75) is 39.7 Å². The number of carbonyl (C=O) groups excluding carboxylic acids is 1. The van der Waals surface area contributed by atoms with Crippen LogP contribution in [0.5, 0.6) is 0 Å². The molecule has 1 amide bonds. The molecule has 6 nitrogen and oxygen atoms in total. The Kier molecular flexibility index (Phi) is 7.45. The number of benzene rings is 3. The third-order valence-corrected chi connectivity index (χ3v) is 7.55. The van der Waals surface area contributed by atoms with Gasteiger partial charge in [0.1, 0.15) is 0 Å². The number of hydrogen-bond donors (Lipinski definition) is 1. The molecule has 4 rings (SSSR count). The zero-order valence-electron chi connectivity index (χ0n) is 20.6. The third-order valence-electron chi connectivity index (χ3n) is 6.42. The van der Waals surface area contributed by atoms with Crippen LogP contribution in [0.2, 0.25) is 0 Å². The Morgan fingerprint density at radius 3 is 2.20 bits per heavy atom. The molecule has 1 fully saturated rings. The number of anilines is 3. The van der Waals surface area contributed by atoms with Gasteiger partial charge in [0.15, 0.2) is 0 Å². The van der Waals surface area contributed by atoms with Crippen molar-refractivity contribution in [3.05, 3.63) is 89.0 Å². The SMILES string of the molecule is Cc1ccc(C)c(N(Cc2ccc(C(=O)Nc3ccc(N4CCCCC4)cc3)cc2)S(C)(=O)=O)c1. The highest BCUT2D eigenvalue weighted by molar-refractivity contribution is 7.92. The number of rotatable bonds is 7. The van der Waals surface area contributed by atoms with E-state index in [1.165, 1.54) is 35.5 Å². The lowest BCUT2D eigenvalue weighted by atomic mass is 10.1. The topological polar surface area (TPSA) is 69.7 Å². The summed E-state index contributed by atoms with van der Waals surface area (Å²) < 4.78 is 26.5. The number of nitrogens with zero attached hydrogens (tertiary/aromatic N) is 2. The Morgan fingerprint density at radius 1 is 0.914 bits per heavy atom. The molecule has 0 aromatic heterocycles. The molecule has 0 saturated carbocycles. The second-order valence-electron chi connectivity index (χ2n) is 9.31. The van der Waals surface area contributed by atoms with E-state index in [9.17, 15) is 13.2 Å². The highest BCUT2D eigenvalue weighted by Gasteiger charge is 2.20. The highest BCUT2D eigenvalue weighted by Crippen LogP contribution is 2.26. The van der Waals surface area contributed by atoms with Gasteiger partial charge in [-0.25, -0.2) is 8.42 Å². The Hall–Kier alpha value is -3.32. The van der Waals surface area contributed by atoms with Crippen LogP contribution in [-0.2, 0) is 16.6 Å². The molecule has 1 heterocycles. The summed E-state index contributed by atoms with van der Waals surface area (Å²) >= 11 is 0. The lowest BCUT2D eigenvalue weighted by Crippen LogP contribution is -2.30. The Bertz CT molecular complexity index is 1280. The van der Waals surface area contributed by atoms with Crippen molar-refractivity contribution in [3.63, 3.8) is 0 Å². The summed E-state index contributed by atoms with van der Waals surface area (Å²) in [6.45, 7) is 6.21. The highest BCUT2D eigenvalue weighted by atomic mass is 32.2. The summed E-state index contributed by atoms with van der Waals surface area (Å²) in [7, 11) is -3.48. The van der Waals surface area contributed by atoms with Crippen LogP contribution in [0.15, 0.2) is 66.7 Å². The number of sulfonamides is 1. The fraction of sp³-hybridized carbons (Fsp3) is 0.321. The molecule has 3 aromatic carbocycles. The number of amides is 1. The second kappa shape index (κ2) is 10.5. The molecule has 0 aliphatic carbocycles. The van der Waals surface area contributed by atoms with Crippen molar-refractivity contribution in [1.82, 2.24) is 0 Å². The fourth-order valence-electron chi connectivity index (χ4n) is 4.41. The average Bonchev–Trinajstić information content (AvgIpc) is 2.85. The van der Waals surface area contributed by atoms with Crippen molar-refractivity contribution in [2.75, 3.05) is 33.9 Å². The van der Waals surface area contributed by atoms with Crippen molar-refractivity contribution >= 4 is 33.0 Å². The molecule has 7 heteroatoms. The van der Waals surface area contributed by atoms with E-state index in [2.05, 4.69) is 22.3 Å².